The smallest absolute Gasteiger partial charge is 0.305 e. The number of hydrogen-bond donors (Lipinski definition) is 3. The molecule has 0 aliphatic carbocycles. The van der Waals surface area contributed by atoms with Crippen LogP contribution in [0.2, 0.25) is 0 Å². The molecule has 1 aromatic rings. The van der Waals surface area contributed by atoms with Crippen molar-refractivity contribution in [2.75, 3.05) is 6.61 Å². The Hall–Kier alpha value is -1.57. The lowest BCUT2D eigenvalue weighted by Crippen LogP contribution is -2.20. The van der Waals surface area contributed by atoms with E-state index in [-0.39, 0.29) is 18.6 Å². The average molecular weight is 259 g/mol. The molecule has 0 bridgehead atoms. The van der Waals surface area contributed by atoms with Crippen LogP contribution in [0.15, 0.2) is 12.1 Å². The van der Waals surface area contributed by atoms with Crippen molar-refractivity contribution >= 4 is 5.69 Å². The van der Waals surface area contributed by atoms with Crippen molar-refractivity contribution in [2.45, 2.75) is 25.6 Å². The lowest BCUT2D eigenvalue weighted by molar-refractivity contribution is -0.387. The van der Waals surface area contributed by atoms with Crippen LogP contribution >= 0.6 is 0 Å². The third-order valence-electron chi connectivity index (χ3n) is 2.64. The van der Waals surface area contributed by atoms with Crippen LogP contribution in [0.25, 0.3) is 0 Å². The number of benzene rings is 1. The van der Waals surface area contributed by atoms with Gasteiger partial charge in [0.15, 0.2) is 0 Å². The van der Waals surface area contributed by atoms with E-state index in [2.05, 4.69) is 0 Å². The van der Waals surface area contributed by atoms with Gasteiger partial charge in [-0.25, -0.2) is 0 Å². The lowest BCUT2D eigenvalue weighted by Gasteiger charge is -2.19. The van der Waals surface area contributed by atoms with Gasteiger partial charge in [-0.15, -0.1) is 0 Å². The number of aryl methyl sites for hydroxylation is 1. The molecule has 2 unspecified atom stereocenters. The molecule has 0 saturated carbocycles. The first kappa shape index (κ1) is 14.5. The van der Waals surface area contributed by atoms with Gasteiger partial charge in [0, 0.05) is 12.7 Å². The van der Waals surface area contributed by atoms with E-state index in [1.165, 1.54) is 6.92 Å². The van der Waals surface area contributed by atoms with Crippen molar-refractivity contribution in [1.29, 1.82) is 0 Å². The van der Waals surface area contributed by atoms with E-state index in [9.17, 15) is 24.7 Å². The standard InChI is InChI=1S/C11H14FNO5/c1-6-4-9(13(17)18)8(12)5-7(6)11(16)10(15)2-3-14/h4-5,10-11,14-16H,2-3H2,1H3. The van der Waals surface area contributed by atoms with Gasteiger partial charge in [0.05, 0.1) is 11.0 Å². The van der Waals surface area contributed by atoms with E-state index in [0.717, 1.165) is 12.1 Å². The Morgan fingerprint density at radius 1 is 1.44 bits per heavy atom. The van der Waals surface area contributed by atoms with Crippen LogP contribution in [0.5, 0.6) is 0 Å². The van der Waals surface area contributed by atoms with Gasteiger partial charge in [-0.05, 0) is 30.5 Å². The van der Waals surface area contributed by atoms with E-state index in [1.807, 2.05) is 0 Å². The molecule has 2 atom stereocenters. The molecule has 0 saturated heterocycles. The number of aliphatic hydroxyl groups excluding tert-OH is 3. The fraction of sp³-hybridized carbons (Fsp3) is 0.455. The summed E-state index contributed by atoms with van der Waals surface area (Å²) in [6, 6.07) is 1.83. The van der Waals surface area contributed by atoms with Gasteiger partial charge in [-0.3, -0.25) is 10.1 Å². The largest absolute Gasteiger partial charge is 0.396 e. The van der Waals surface area contributed by atoms with Crippen LogP contribution in [0.1, 0.15) is 23.7 Å². The van der Waals surface area contributed by atoms with Gasteiger partial charge in [-0.2, -0.15) is 4.39 Å². The van der Waals surface area contributed by atoms with Crippen molar-refractivity contribution in [2.24, 2.45) is 0 Å². The second-order valence-corrected chi connectivity index (χ2v) is 3.94. The first-order chi connectivity index (χ1) is 8.38. The highest BCUT2D eigenvalue weighted by Crippen LogP contribution is 2.28. The van der Waals surface area contributed by atoms with Gasteiger partial charge in [0.25, 0.3) is 0 Å². The second-order valence-electron chi connectivity index (χ2n) is 3.94. The van der Waals surface area contributed by atoms with Crippen molar-refractivity contribution in [3.8, 4) is 0 Å². The lowest BCUT2D eigenvalue weighted by atomic mass is 9.97. The number of rotatable bonds is 5. The maximum Gasteiger partial charge on any atom is 0.305 e. The predicted molar refractivity (Wildman–Crippen MR) is 60.5 cm³/mol. The summed E-state index contributed by atoms with van der Waals surface area (Å²) < 4.78 is 13.4. The van der Waals surface area contributed by atoms with Crippen molar-refractivity contribution in [3.63, 3.8) is 0 Å². The zero-order valence-electron chi connectivity index (χ0n) is 9.71. The Morgan fingerprint density at radius 3 is 2.56 bits per heavy atom. The highest BCUT2D eigenvalue weighted by atomic mass is 19.1. The average Bonchev–Trinajstić information content (AvgIpc) is 2.30. The Bertz CT molecular complexity index is 451. The van der Waals surface area contributed by atoms with Crippen LogP contribution in [0.3, 0.4) is 0 Å². The van der Waals surface area contributed by atoms with E-state index in [4.69, 9.17) is 5.11 Å². The normalized spacial score (nSPS) is 14.3. The van der Waals surface area contributed by atoms with Crippen molar-refractivity contribution < 1.29 is 24.6 Å². The monoisotopic (exact) mass is 259 g/mol. The molecular weight excluding hydrogens is 245 g/mol. The molecule has 0 aliphatic rings. The minimum atomic E-state index is -1.40. The van der Waals surface area contributed by atoms with Crippen LogP contribution in [-0.2, 0) is 0 Å². The molecule has 0 aromatic heterocycles. The minimum Gasteiger partial charge on any atom is -0.396 e. The molecule has 0 heterocycles. The number of aliphatic hydroxyl groups is 3. The third kappa shape index (κ3) is 3.00. The minimum absolute atomic E-state index is 0.0686. The summed E-state index contributed by atoms with van der Waals surface area (Å²) in [6.07, 6.45) is -2.72. The molecule has 6 nitrogen and oxygen atoms in total. The quantitative estimate of drug-likeness (QED) is 0.536. The molecular formula is C11H14FNO5. The van der Waals surface area contributed by atoms with Crippen LogP contribution < -0.4 is 0 Å². The maximum absolute atomic E-state index is 13.4. The summed E-state index contributed by atoms with van der Waals surface area (Å²) in [4.78, 5) is 9.65. The van der Waals surface area contributed by atoms with E-state index < -0.39 is 28.6 Å². The molecule has 100 valence electrons. The Morgan fingerprint density at radius 2 is 2.06 bits per heavy atom. The number of halogens is 1. The Kier molecular flexibility index (Phi) is 4.71. The number of nitro benzene ring substituents is 1. The Balaban J connectivity index is 3.11. The molecule has 1 rings (SSSR count). The topological polar surface area (TPSA) is 104 Å². The first-order valence-corrected chi connectivity index (χ1v) is 5.30. The van der Waals surface area contributed by atoms with Crippen molar-refractivity contribution in [3.05, 3.63) is 39.2 Å². The summed E-state index contributed by atoms with van der Waals surface area (Å²) in [5, 5.41) is 38.4. The molecule has 0 aliphatic heterocycles. The van der Waals surface area contributed by atoms with Crippen LogP contribution in [0, 0.1) is 22.9 Å². The molecule has 18 heavy (non-hydrogen) atoms. The number of hydrogen-bond acceptors (Lipinski definition) is 5. The van der Waals surface area contributed by atoms with Crippen molar-refractivity contribution in [1.82, 2.24) is 0 Å². The molecule has 1 aromatic carbocycles. The molecule has 0 amide bonds. The highest BCUT2D eigenvalue weighted by molar-refractivity contribution is 5.42. The zero-order valence-corrected chi connectivity index (χ0v) is 9.71. The van der Waals surface area contributed by atoms with Gasteiger partial charge in [0.1, 0.15) is 6.10 Å². The summed E-state index contributed by atoms with van der Waals surface area (Å²) in [6.45, 7) is 1.14. The summed E-state index contributed by atoms with van der Waals surface area (Å²) >= 11 is 0. The molecule has 0 spiro atoms. The predicted octanol–water partition coefficient (Wildman–Crippen LogP) is 0.819. The van der Waals surface area contributed by atoms with Gasteiger partial charge in [0.2, 0.25) is 5.82 Å². The molecule has 7 heteroatoms. The number of nitrogens with zero attached hydrogens (tertiary/aromatic N) is 1. The van der Waals surface area contributed by atoms with Gasteiger partial charge >= 0.3 is 5.69 Å². The second kappa shape index (κ2) is 5.85. The molecule has 3 N–H and O–H groups in total. The highest BCUT2D eigenvalue weighted by Gasteiger charge is 2.24. The van der Waals surface area contributed by atoms with Crippen LogP contribution in [-0.4, -0.2) is 33.0 Å². The Labute approximate surface area is 102 Å². The summed E-state index contributed by atoms with van der Waals surface area (Å²) in [5.41, 5.74) is -0.313. The van der Waals surface area contributed by atoms with E-state index in [1.54, 1.807) is 0 Å². The van der Waals surface area contributed by atoms with E-state index in [0.29, 0.717) is 5.56 Å². The zero-order chi connectivity index (χ0) is 13.9. The summed E-state index contributed by atoms with van der Waals surface area (Å²) in [7, 11) is 0. The maximum atomic E-state index is 13.4. The fourth-order valence-corrected chi connectivity index (χ4v) is 1.64. The summed E-state index contributed by atoms with van der Waals surface area (Å²) in [5.74, 6) is -1.07. The third-order valence-corrected chi connectivity index (χ3v) is 2.64. The van der Waals surface area contributed by atoms with Crippen LogP contribution in [0.4, 0.5) is 10.1 Å². The van der Waals surface area contributed by atoms with E-state index >= 15 is 0 Å². The van der Waals surface area contributed by atoms with Gasteiger partial charge in [-0.1, -0.05) is 0 Å². The molecule has 0 fully saturated rings. The number of nitro groups is 1. The first-order valence-electron chi connectivity index (χ1n) is 5.30. The van der Waals surface area contributed by atoms with Gasteiger partial charge < -0.3 is 15.3 Å². The fourth-order valence-electron chi connectivity index (χ4n) is 1.64. The SMILES string of the molecule is Cc1cc([N+](=O)[O-])c(F)cc1C(O)C(O)CCO. The molecule has 0 radical (unpaired) electrons.